The minimum Gasteiger partial charge on any atom is -0.451 e. The molecule has 1 aromatic carbocycles. The SMILES string of the molecule is Cc1cccc2oc(C(N)=O)cc(=O)c12. The summed E-state index contributed by atoms with van der Waals surface area (Å²) in [5, 5.41) is 0.488. The molecular weight excluding hydrogens is 194 g/mol. The fraction of sp³-hybridized carbons (Fsp3) is 0.0909. The number of amides is 1. The molecule has 0 aliphatic carbocycles. The number of nitrogens with two attached hydrogens (primary N) is 1. The van der Waals surface area contributed by atoms with Crippen LogP contribution in [-0.4, -0.2) is 5.91 Å². The number of benzene rings is 1. The van der Waals surface area contributed by atoms with Crippen LogP contribution < -0.4 is 11.2 Å². The Morgan fingerprint density at radius 3 is 2.80 bits per heavy atom. The van der Waals surface area contributed by atoms with Crippen LogP contribution >= 0.6 is 0 Å². The number of primary amides is 1. The highest BCUT2D eigenvalue weighted by Gasteiger charge is 2.09. The van der Waals surface area contributed by atoms with Crippen molar-refractivity contribution in [3.05, 3.63) is 45.8 Å². The van der Waals surface area contributed by atoms with Gasteiger partial charge in [-0.15, -0.1) is 0 Å². The van der Waals surface area contributed by atoms with Gasteiger partial charge in [-0.25, -0.2) is 0 Å². The summed E-state index contributed by atoms with van der Waals surface area (Å²) in [6, 6.07) is 6.32. The zero-order valence-corrected chi connectivity index (χ0v) is 8.11. The van der Waals surface area contributed by atoms with Gasteiger partial charge in [-0.3, -0.25) is 9.59 Å². The molecule has 0 saturated heterocycles. The van der Waals surface area contributed by atoms with Gasteiger partial charge in [-0.1, -0.05) is 12.1 Å². The summed E-state index contributed by atoms with van der Waals surface area (Å²) in [5.41, 5.74) is 6.00. The second kappa shape index (κ2) is 3.24. The van der Waals surface area contributed by atoms with Crippen molar-refractivity contribution in [2.75, 3.05) is 0 Å². The summed E-state index contributed by atoms with van der Waals surface area (Å²) >= 11 is 0. The van der Waals surface area contributed by atoms with E-state index in [0.717, 1.165) is 11.6 Å². The lowest BCUT2D eigenvalue weighted by molar-refractivity contribution is 0.0974. The summed E-state index contributed by atoms with van der Waals surface area (Å²) in [5.74, 6) is -0.853. The highest BCUT2D eigenvalue weighted by Crippen LogP contribution is 2.15. The van der Waals surface area contributed by atoms with Crippen molar-refractivity contribution in [2.24, 2.45) is 5.73 Å². The maximum atomic E-state index is 11.7. The molecule has 2 N–H and O–H groups in total. The van der Waals surface area contributed by atoms with Crippen LogP contribution in [0, 0.1) is 6.92 Å². The number of fused-ring (bicyclic) bond motifs is 1. The van der Waals surface area contributed by atoms with E-state index in [1.54, 1.807) is 12.1 Å². The second-order valence-corrected chi connectivity index (χ2v) is 3.29. The molecule has 0 atom stereocenters. The van der Waals surface area contributed by atoms with Gasteiger partial charge in [0, 0.05) is 6.07 Å². The number of hydrogen-bond donors (Lipinski definition) is 1. The second-order valence-electron chi connectivity index (χ2n) is 3.29. The quantitative estimate of drug-likeness (QED) is 0.756. The fourth-order valence-corrected chi connectivity index (χ4v) is 1.50. The molecule has 0 bridgehead atoms. The molecule has 1 heterocycles. The van der Waals surface area contributed by atoms with Crippen LogP contribution in [0.15, 0.2) is 33.5 Å². The van der Waals surface area contributed by atoms with Crippen LogP contribution in [-0.2, 0) is 0 Å². The van der Waals surface area contributed by atoms with Gasteiger partial charge in [0.1, 0.15) is 5.58 Å². The molecule has 76 valence electrons. The molecule has 1 aromatic heterocycles. The number of carbonyl (C=O) groups is 1. The molecule has 0 fully saturated rings. The molecule has 15 heavy (non-hydrogen) atoms. The van der Waals surface area contributed by atoms with Gasteiger partial charge < -0.3 is 10.2 Å². The maximum Gasteiger partial charge on any atom is 0.284 e. The van der Waals surface area contributed by atoms with Crippen LogP contribution in [0.2, 0.25) is 0 Å². The normalized spacial score (nSPS) is 10.5. The highest BCUT2D eigenvalue weighted by molar-refractivity contribution is 5.92. The molecule has 4 nitrogen and oxygen atoms in total. The summed E-state index contributed by atoms with van der Waals surface area (Å²) < 4.78 is 5.21. The third-order valence-corrected chi connectivity index (χ3v) is 2.21. The first kappa shape index (κ1) is 9.45. The van der Waals surface area contributed by atoms with Gasteiger partial charge in [0.25, 0.3) is 5.91 Å². The van der Waals surface area contributed by atoms with E-state index in [0.29, 0.717) is 11.0 Å². The molecule has 0 saturated carbocycles. The van der Waals surface area contributed by atoms with Gasteiger partial charge >= 0.3 is 0 Å². The topological polar surface area (TPSA) is 73.3 Å². The zero-order valence-electron chi connectivity index (χ0n) is 8.11. The number of carbonyl (C=O) groups excluding carboxylic acids is 1. The van der Waals surface area contributed by atoms with Crippen LogP contribution in [0.5, 0.6) is 0 Å². The average molecular weight is 203 g/mol. The first-order valence-electron chi connectivity index (χ1n) is 4.43. The molecule has 0 unspecified atom stereocenters. The van der Waals surface area contributed by atoms with E-state index in [2.05, 4.69) is 0 Å². The number of rotatable bonds is 1. The molecule has 0 spiro atoms. The van der Waals surface area contributed by atoms with Crippen molar-refractivity contribution in [2.45, 2.75) is 6.92 Å². The minimum atomic E-state index is -0.740. The van der Waals surface area contributed by atoms with Crippen LogP contribution in [0.3, 0.4) is 0 Å². The van der Waals surface area contributed by atoms with E-state index in [1.807, 2.05) is 13.0 Å². The van der Waals surface area contributed by atoms with Gasteiger partial charge in [0.05, 0.1) is 5.39 Å². The highest BCUT2D eigenvalue weighted by atomic mass is 16.3. The Bertz CT molecular complexity index is 598. The lowest BCUT2D eigenvalue weighted by Gasteiger charge is -2.01. The Morgan fingerprint density at radius 1 is 1.40 bits per heavy atom. The smallest absolute Gasteiger partial charge is 0.284 e. The van der Waals surface area contributed by atoms with Gasteiger partial charge in [0.15, 0.2) is 11.2 Å². The molecule has 0 aliphatic heterocycles. The van der Waals surface area contributed by atoms with Gasteiger partial charge in [-0.2, -0.15) is 0 Å². The summed E-state index contributed by atoms with van der Waals surface area (Å²) in [7, 11) is 0. The lowest BCUT2D eigenvalue weighted by Crippen LogP contribution is -2.14. The Labute approximate surface area is 85.3 Å². The molecular formula is C11H9NO3. The van der Waals surface area contributed by atoms with Crippen LogP contribution in [0.1, 0.15) is 16.1 Å². The third-order valence-electron chi connectivity index (χ3n) is 2.21. The standard InChI is InChI=1S/C11H9NO3/c1-6-3-2-4-8-10(6)7(13)5-9(15-8)11(12)14/h2-5H,1H3,(H2,12,14). The predicted molar refractivity (Wildman–Crippen MR) is 55.7 cm³/mol. The van der Waals surface area contributed by atoms with Crippen molar-refractivity contribution < 1.29 is 9.21 Å². The van der Waals surface area contributed by atoms with E-state index in [-0.39, 0.29) is 11.2 Å². The van der Waals surface area contributed by atoms with Crippen molar-refractivity contribution >= 4 is 16.9 Å². The Kier molecular flexibility index (Phi) is 2.04. The summed E-state index contributed by atoms with van der Waals surface area (Å²) in [6.07, 6.45) is 0. The molecule has 2 rings (SSSR count). The minimum absolute atomic E-state index is 0.113. The Hall–Kier alpha value is -2.10. The largest absolute Gasteiger partial charge is 0.451 e. The van der Waals surface area contributed by atoms with Crippen molar-refractivity contribution in [1.82, 2.24) is 0 Å². The Morgan fingerprint density at radius 2 is 2.13 bits per heavy atom. The number of hydrogen-bond acceptors (Lipinski definition) is 3. The molecule has 0 aliphatic rings. The average Bonchev–Trinajstić information content (AvgIpc) is 2.17. The van der Waals surface area contributed by atoms with E-state index in [9.17, 15) is 9.59 Å². The van der Waals surface area contributed by atoms with Gasteiger partial charge in [-0.05, 0) is 18.6 Å². The van der Waals surface area contributed by atoms with Crippen molar-refractivity contribution in [1.29, 1.82) is 0 Å². The molecule has 4 heteroatoms. The number of aryl methyl sites for hydroxylation is 1. The maximum absolute atomic E-state index is 11.7. The van der Waals surface area contributed by atoms with E-state index in [4.69, 9.17) is 10.2 Å². The predicted octanol–water partition coefficient (Wildman–Crippen LogP) is 1.20. The third kappa shape index (κ3) is 1.50. The van der Waals surface area contributed by atoms with Crippen LogP contribution in [0.4, 0.5) is 0 Å². The Balaban J connectivity index is 2.91. The summed E-state index contributed by atoms with van der Waals surface area (Å²) in [6.45, 7) is 1.81. The summed E-state index contributed by atoms with van der Waals surface area (Å²) in [4.78, 5) is 22.5. The molecule has 1 amide bonds. The van der Waals surface area contributed by atoms with Crippen molar-refractivity contribution in [3.8, 4) is 0 Å². The first-order chi connectivity index (χ1) is 7.09. The van der Waals surface area contributed by atoms with Crippen LogP contribution in [0.25, 0.3) is 11.0 Å². The molecule has 2 aromatic rings. The van der Waals surface area contributed by atoms with Gasteiger partial charge in [0.2, 0.25) is 0 Å². The zero-order chi connectivity index (χ0) is 11.0. The van der Waals surface area contributed by atoms with E-state index < -0.39 is 5.91 Å². The van der Waals surface area contributed by atoms with Crippen molar-refractivity contribution in [3.63, 3.8) is 0 Å². The lowest BCUT2D eigenvalue weighted by atomic mass is 10.1. The molecule has 0 radical (unpaired) electrons. The monoisotopic (exact) mass is 203 g/mol. The van der Waals surface area contributed by atoms with E-state index in [1.165, 1.54) is 0 Å². The first-order valence-corrected chi connectivity index (χ1v) is 4.43. The fourth-order valence-electron chi connectivity index (χ4n) is 1.50. The van der Waals surface area contributed by atoms with E-state index >= 15 is 0 Å².